The molecule has 0 amide bonds. The highest BCUT2D eigenvalue weighted by molar-refractivity contribution is 9.10. The standard InChI is InChI=1S/C10H14BrNS/c1-3-8(2)5-12-6-10-4-9(11)7-13-10/h4,7,12H,2-3,5-6H2,1H3. The van der Waals surface area contributed by atoms with Crippen molar-refractivity contribution in [1.29, 1.82) is 0 Å². The molecule has 0 saturated carbocycles. The second-order valence-electron chi connectivity index (χ2n) is 2.94. The van der Waals surface area contributed by atoms with Crippen molar-refractivity contribution in [3.63, 3.8) is 0 Å². The lowest BCUT2D eigenvalue weighted by atomic mass is 10.2. The first-order chi connectivity index (χ1) is 6.22. The van der Waals surface area contributed by atoms with Crippen molar-refractivity contribution in [2.45, 2.75) is 19.9 Å². The zero-order chi connectivity index (χ0) is 9.68. The van der Waals surface area contributed by atoms with Gasteiger partial charge in [-0.3, -0.25) is 0 Å². The SMILES string of the molecule is C=C(CC)CNCc1cc(Br)cs1. The van der Waals surface area contributed by atoms with Crippen LogP contribution in [0.15, 0.2) is 28.1 Å². The summed E-state index contributed by atoms with van der Waals surface area (Å²) < 4.78 is 1.17. The lowest BCUT2D eigenvalue weighted by Gasteiger charge is -2.03. The van der Waals surface area contributed by atoms with Gasteiger partial charge < -0.3 is 5.32 Å². The summed E-state index contributed by atoms with van der Waals surface area (Å²) >= 11 is 5.20. The van der Waals surface area contributed by atoms with Crippen LogP contribution >= 0.6 is 27.3 Å². The summed E-state index contributed by atoms with van der Waals surface area (Å²) in [5.74, 6) is 0. The second-order valence-corrected chi connectivity index (χ2v) is 4.85. The van der Waals surface area contributed by atoms with Crippen molar-refractivity contribution in [3.8, 4) is 0 Å². The predicted molar refractivity (Wildman–Crippen MR) is 63.2 cm³/mol. The Morgan fingerprint density at radius 2 is 2.46 bits per heavy atom. The van der Waals surface area contributed by atoms with Crippen LogP contribution in [0.1, 0.15) is 18.2 Å². The zero-order valence-electron chi connectivity index (χ0n) is 7.77. The van der Waals surface area contributed by atoms with Crippen molar-refractivity contribution >= 4 is 27.3 Å². The average molecular weight is 260 g/mol. The van der Waals surface area contributed by atoms with E-state index in [0.717, 1.165) is 19.5 Å². The Morgan fingerprint density at radius 1 is 1.69 bits per heavy atom. The number of nitrogens with one attached hydrogen (secondary N) is 1. The molecule has 1 rings (SSSR count). The first-order valence-corrected chi connectivity index (χ1v) is 6.00. The summed E-state index contributed by atoms with van der Waals surface area (Å²) in [4.78, 5) is 1.36. The lowest BCUT2D eigenvalue weighted by molar-refractivity contribution is 0.735. The Morgan fingerprint density at radius 3 is 3.00 bits per heavy atom. The molecule has 0 fully saturated rings. The highest BCUT2D eigenvalue weighted by Crippen LogP contribution is 2.19. The van der Waals surface area contributed by atoms with Gasteiger partial charge in [0.2, 0.25) is 0 Å². The molecule has 3 heteroatoms. The van der Waals surface area contributed by atoms with Crippen molar-refractivity contribution in [2.24, 2.45) is 0 Å². The van der Waals surface area contributed by atoms with Crippen molar-refractivity contribution in [1.82, 2.24) is 5.32 Å². The fourth-order valence-electron chi connectivity index (χ4n) is 0.934. The van der Waals surface area contributed by atoms with Crippen molar-refractivity contribution < 1.29 is 0 Å². The first kappa shape index (κ1) is 11.0. The summed E-state index contributed by atoms with van der Waals surface area (Å²) in [6.45, 7) is 7.93. The summed E-state index contributed by atoms with van der Waals surface area (Å²) in [5, 5.41) is 5.46. The Labute approximate surface area is 92.0 Å². The van der Waals surface area contributed by atoms with E-state index in [0.29, 0.717) is 0 Å². The normalized spacial score (nSPS) is 10.3. The van der Waals surface area contributed by atoms with Crippen LogP contribution in [0.2, 0.25) is 0 Å². The average Bonchev–Trinajstić information content (AvgIpc) is 2.51. The maximum Gasteiger partial charge on any atom is 0.0303 e. The van der Waals surface area contributed by atoms with E-state index in [1.165, 1.54) is 14.9 Å². The van der Waals surface area contributed by atoms with Crippen LogP contribution in [0, 0.1) is 0 Å². The second kappa shape index (κ2) is 5.58. The maximum absolute atomic E-state index is 3.94. The third-order valence-electron chi connectivity index (χ3n) is 1.80. The van der Waals surface area contributed by atoms with Gasteiger partial charge in [-0.15, -0.1) is 11.3 Å². The minimum absolute atomic E-state index is 0.923. The van der Waals surface area contributed by atoms with Gasteiger partial charge in [-0.05, 0) is 28.4 Å². The van der Waals surface area contributed by atoms with Gasteiger partial charge in [0.05, 0.1) is 0 Å². The number of hydrogen-bond donors (Lipinski definition) is 1. The fraction of sp³-hybridized carbons (Fsp3) is 0.400. The molecule has 0 atom stereocenters. The molecular weight excluding hydrogens is 246 g/mol. The minimum Gasteiger partial charge on any atom is -0.308 e. The van der Waals surface area contributed by atoms with Crippen LogP contribution in [0.5, 0.6) is 0 Å². The highest BCUT2D eigenvalue weighted by atomic mass is 79.9. The first-order valence-electron chi connectivity index (χ1n) is 4.32. The molecule has 1 N–H and O–H groups in total. The van der Waals surface area contributed by atoms with E-state index in [2.05, 4.69) is 46.2 Å². The van der Waals surface area contributed by atoms with Crippen LogP contribution in [0.25, 0.3) is 0 Å². The predicted octanol–water partition coefficient (Wildman–Crippen LogP) is 3.57. The molecule has 0 aliphatic carbocycles. The highest BCUT2D eigenvalue weighted by Gasteiger charge is 1.96. The van der Waals surface area contributed by atoms with E-state index in [9.17, 15) is 0 Å². The molecule has 1 nitrogen and oxygen atoms in total. The topological polar surface area (TPSA) is 12.0 Å². The van der Waals surface area contributed by atoms with Gasteiger partial charge in [-0.1, -0.05) is 19.1 Å². The van der Waals surface area contributed by atoms with Gasteiger partial charge in [-0.2, -0.15) is 0 Å². The van der Waals surface area contributed by atoms with E-state index in [-0.39, 0.29) is 0 Å². The van der Waals surface area contributed by atoms with E-state index in [1.807, 2.05) is 0 Å². The molecule has 0 aliphatic heterocycles. The number of thiophene rings is 1. The van der Waals surface area contributed by atoms with Crippen molar-refractivity contribution in [3.05, 3.63) is 32.9 Å². The quantitative estimate of drug-likeness (QED) is 0.798. The fourth-order valence-corrected chi connectivity index (χ4v) is 2.35. The molecule has 0 aliphatic rings. The molecule has 0 bridgehead atoms. The number of rotatable bonds is 5. The number of halogens is 1. The van der Waals surface area contributed by atoms with Gasteiger partial charge in [0.1, 0.15) is 0 Å². The number of hydrogen-bond acceptors (Lipinski definition) is 2. The van der Waals surface area contributed by atoms with Crippen molar-refractivity contribution in [2.75, 3.05) is 6.54 Å². The van der Waals surface area contributed by atoms with Gasteiger partial charge in [0, 0.05) is 27.8 Å². The van der Waals surface area contributed by atoms with E-state index < -0.39 is 0 Å². The van der Waals surface area contributed by atoms with E-state index in [4.69, 9.17) is 0 Å². The van der Waals surface area contributed by atoms with Gasteiger partial charge in [0.25, 0.3) is 0 Å². The Bertz CT molecular complexity index is 280. The summed E-state index contributed by atoms with van der Waals surface area (Å²) in [7, 11) is 0. The molecular formula is C10H14BrNS. The largest absolute Gasteiger partial charge is 0.308 e. The van der Waals surface area contributed by atoms with Crippen LogP contribution in [0.3, 0.4) is 0 Å². The smallest absolute Gasteiger partial charge is 0.0303 e. The summed E-state index contributed by atoms with van der Waals surface area (Å²) in [6.07, 6.45) is 1.06. The lowest BCUT2D eigenvalue weighted by Crippen LogP contribution is -2.15. The molecule has 1 aromatic rings. The van der Waals surface area contributed by atoms with Crippen LogP contribution in [0.4, 0.5) is 0 Å². The maximum atomic E-state index is 3.94. The summed E-state index contributed by atoms with van der Waals surface area (Å²) in [5.41, 5.74) is 1.26. The van der Waals surface area contributed by atoms with Crippen LogP contribution in [-0.2, 0) is 6.54 Å². The molecule has 1 aromatic heterocycles. The third kappa shape index (κ3) is 4.07. The molecule has 0 unspecified atom stereocenters. The Kier molecular flexibility index (Phi) is 4.70. The van der Waals surface area contributed by atoms with Gasteiger partial charge >= 0.3 is 0 Å². The Balaban J connectivity index is 2.24. The zero-order valence-corrected chi connectivity index (χ0v) is 10.2. The van der Waals surface area contributed by atoms with Crippen LogP contribution in [-0.4, -0.2) is 6.54 Å². The summed E-state index contributed by atoms with van der Waals surface area (Å²) in [6, 6.07) is 2.15. The molecule has 1 heterocycles. The minimum atomic E-state index is 0.923. The van der Waals surface area contributed by atoms with Gasteiger partial charge in [-0.25, -0.2) is 0 Å². The molecule has 0 radical (unpaired) electrons. The molecule has 0 aromatic carbocycles. The van der Waals surface area contributed by atoms with Gasteiger partial charge in [0.15, 0.2) is 0 Å². The van der Waals surface area contributed by atoms with E-state index >= 15 is 0 Å². The van der Waals surface area contributed by atoms with E-state index in [1.54, 1.807) is 11.3 Å². The molecule has 13 heavy (non-hydrogen) atoms. The van der Waals surface area contributed by atoms with Crippen LogP contribution < -0.4 is 5.32 Å². The monoisotopic (exact) mass is 259 g/mol. The molecule has 0 saturated heterocycles. The third-order valence-corrected chi connectivity index (χ3v) is 3.49. The Hall–Kier alpha value is -0.120. The molecule has 72 valence electrons. The molecule has 0 spiro atoms.